The molecule has 3 nitrogen and oxygen atoms in total. The Balaban J connectivity index is 1.52. The number of oxazole rings is 1. The number of benzene rings is 2. The minimum absolute atomic E-state index is 0.185. The van der Waals surface area contributed by atoms with E-state index >= 15 is 0 Å². The maximum absolute atomic E-state index is 13.5. The van der Waals surface area contributed by atoms with Gasteiger partial charge in [0.25, 0.3) is 0 Å². The molecule has 0 radical (unpaired) electrons. The Kier molecular flexibility index (Phi) is 4.32. The average molecular weight is 340 g/mol. The summed E-state index contributed by atoms with van der Waals surface area (Å²) in [5.41, 5.74) is 2.41. The van der Waals surface area contributed by atoms with Crippen LogP contribution in [-0.4, -0.2) is 16.4 Å². The molecule has 0 N–H and O–H groups in total. The first-order valence-electron chi connectivity index (χ1n) is 8.39. The highest BCUT2D eigenvalue weighted by atomic mass is 19.1. The van der Waals surface area contributed by atoms with Crippen LogP contribution in [0.5, 0.6) is 0 Å². The van der Waals surface area contributed by atoms with E-state index in [-0.39, 0.29) is 17.7 Å². The van der Waals surface area contributed by atoms with Crippen molar-refractivity contribution in [1.82, 2.24) is 9.88 Å². The van der Waals surface area contributed by atoms with Gasteiger partial charge in [0.05, 0.1) is 5.69 Å². The SMILES string of the molecule is Fc1cccc(-c2nc(CN3CCCC3c3cccc(F)c3)co2)c1. The van der Waals surface area contributed by atoms with Crippen LogP contribution in [0.1, 0.15) is 30.1 Å². The predicted octanol–water partition coefficient (Wildman–Crippen LogP) is 4.96. The Bertz CT molecular complexity index is 877. The van der Waals surface area contributed by atoms with Gasteiger partial charge in [-0.05, 0) is 55.3 Å². The van der Waals surface area contributed by atoms with Gasteiger partial charge in [0.2, 0.25) is 5.89 Å². The Morgan fingerprint density at radius 1 is 1.08 bits per heavy atom. The number of likely N-dealkylation sites (tertiary alicyclic amines) is 1. The maximum atomic E-state index is 13.5. The Morgan fingerprint density at radius 2 is 1.88 bits per heavy atom. The summed E-state index contributed by atoms with van der Waals surface area (Å²) in [7, 11) is 0. The van der Waals surface area contributed by atoms with Crippen molar-refractivity contribution >= 4 is 0 Å². The van der Waals surface area contributed by atoms with Crippen LogP contribution in [0.25, 0.3) is 11.5 Å². The zero-order valence-electron chi connectivity index (χ0n) is 13.7. The summed E-state index contributed by atoms with van der Waals surface area (Å²) >= 11 is 0. The van der Waals surface area contributed by atoms with E-state index in [2.05, 4.69) is 9.88 Å². The van der Waals surface area contributed by atoms with Gasteiger partial charge in [-0.1, -0.05) is 18.2 Å². The lowest BCUT2D eigenvalue weighted by atomic mass is 10.0. The number of aromatic nitrogens is 1. The minimum Gasteiger partial charge on any atom is -0.444 e. The second kappa shape index (κ2) is 6.76. The van der Waals surface area contributed by atoms with Crippen molar-refractivity contribution in [1.29, 1.82) is 0 Å². The van der Waals surface area contributed by atoms with Gasteiger partial charge in [-0.25, -0.2) is 13.8 Å². The lowest BCUT2D eigenvalue weighted by Gasteiger charge is -2.23. The molecule has 0 saturated carbocycles. The fourth-order valence-electron chi connectivity index (χ4n) is 3.45. The molecule has 3 aromatic rings. The third kappa shape index (κ3) is 3.46. The molecule has 2 heterocycles. The molecule has 1 unspecified atom stereocenters. The first kappa shape index (κ1) is 16.0. The van der Waals surface area contributed by atoms with Crippen LogP contribution in [-0.2, 0) is 6.54 Å². The van der Waals surface area contributed by atoms with Gasteiger partial charge < -0.3 is 4.42 Å². The third-order valence-electron chi connectivity index (χ3n) is 4.59. The maximum Gasteiger partial charge on any atom is 0.226 e. The van der Waals surface area contributed by atoms with Gasteiger partial charge in [-0.3, -0.25) is 4.90 Å². The van der Waals surface area contributed by atoms with Crippen LogP contribution in [0.15, 0.2) is 59.2 Å². The monoisotopic (exact) mass is 340 g/mol. The smallest absolute Gasteiger partial charge is 0.226 e. The molecule has 0 aliphatic carbocycles. The van der Waals surface area contributed by atoms with Crippen LogP contribution in [0.4, 0.5) is 8.78 Å². The largest absolute Gasteiger partial charge is 0.444 e. The molecule has 1 aliphatic heterocycles. The van der Waals surface area contributed by atoms with Crippen LogP contribution in [0.3, 0.4) is 0 Å². The van der Waals surface area contributed by atoms with E-state index in [4.69, 9.17) is 4.42 Å². The molecule has 0 spiro atoms. The summed E-state index contributed by atoms with van der Waals surface area (Å²) in [6, 6.07) is 13.2. The average Bonchev–Trinajstić information content (AvgIpc) is 3.25. The Labute approximate surface area is 144 Å². The van der Waals surface area contributed by atoms with Crippen molar-refractivity contribution in [2.75, 3.05) is 6.54 Å². The van der Waals surface area contributed by atoms with Crippen LogP contribution >= 0.6 is 0 Å². The summed E-state index contributed by atoms with van der Waals surface area (Å²) in [6.45, 7) is 1.56. The number of halogens is 2. The fraction of sp³-hybridized carbons (Fsp3) is 0.250. The van der Waals surface area contributed by atoms with E-state index in [9.17, 15) is 8.78 Å². The number of rotatable bonds is 4. The van der Waals surface area contributed by atoms with Gasteiger partial charge in [-0.2, -0.15) is 0 Å². The fourth-order valence-corrected chi connectivity index (χ4v) is 3.45. The van der Waals surface area contributed by atoms with E-state index in [0.717, 1.165) is 30.6 Å². The van der Waals surface area contributed by atoms with Crippen LogP contribution in [0, 0.1) is 11.6 Å². The predicted molar refractivity (Wildman–Crippen MR) is 90.7 cm³/mol. The van der Waals surface area contributed by atoms with Gasteiger partial charge in [0.15, 0.2) is 0 Å². The first-order chi connectivity index (χ1) is 12.2. The summed E-state index contributed by atoms with van der Waals surface area (Å²) in [5.74, 6) is -0.113. The van der Waals surface area contributed by atoms with E-state index < -0.39 is 0 Å². The topological polar surface area (TPSA) is 29.3 Å². The van der Waals surface area contributed by atoms with E-state index in [1.165, 1.54) is 18.2 Å². The standard InChI is InChI=1S/C20H18F2N2O/c21-16-6-1-4-14(10-16)19-8-3-9-24(19)12-18-13-25-20(23-18)15-5-2-7-17(22)11-15/h1-2,4-7,10-11,13,19H,3,8-9,12H2. The highest BCUT2D eigenvalue weighted by molar-refractivity contribution is 5.52. The van der Waals surface area contributed by atoms with E-state index in [1.54, 1.807) is 30.5 Å². The summed E-state index contributed by atoms with van der Waals surface area (Å²) < 4.78 is 32.4. The van der Waals surface area contributed by atoms with Crippen molar-refractivity contribution in [2.24, 2.45) is 0 Å². The van der Waals surface area contributed by atoms with Crippen LogP contribution < -0.4 is 0 Å². The highest BCUT2D eigenvalue weighted by Gasteiger charge is 2.27. The normalized spacial score (nSPS) is 17.9. The van der Waals surface area contributed by atoms with Gasteiger partial charge >= 0.3 is 0 Å². The molecule has 5 heteroatoms. The lowest BCUT2D eigenvalue weighted by molar-refractivity contribution is 0.245. The molecule has 1 atom stereocenters. The molecule has 0 amide bonds. The molecule has 2 aromatic carbocycles. The minimum atomic E-state index is -0.317. The lowest BCUT2D eigenvalue weighted by Crippen LogP contribution is -2.23. The molecule has 4 rings (SSSR count). The van der Waals surface area contributed by atoms with Crippen molar-refractivity contribution in [3.05, 3.63) is 77.7 Å². The Hall–Kier alpha value is -2.53. The summed E-state index contributed by atoms with van der Waals surface area (Å²) in [6.07, 6.45) is 3.68. The second-order valence-corrected chi connectivity index (χ2v) is 6.34. The van der Waals surface area contributed by atoms with Crippen molar-refractivity contribution in [3.8, 4) is 11.5 Å². The summed E-state index contributed by atoms with van der Waals surface area (Å²) in [4.78, 5) is 6.76. The number of hydrogen-bond donors (Lipinski definition) is 0. The molecular weight excluding hydrogens is 322 g/mol. The molecule has 1 saturated heterocycles. The zero-order valence-corrected chi connectivity index (χ0v) is 13.7. The molecule has 1 aromatic heterocycles. The number of hydrogen-bond acceptors (Lipinski definition) is 3. The van der Waals surface area contributed by atoms with Crippen molar-refractivity contribution < 1.29 is 13.2 Å². The zero-order chi connectivity index (χ0) is 17.2. The molecule has 1 aliphatic rings. The Morgan fingerprint density at radius 3 is 2.68 bits per heavy atom. The second-order valence-electron chi connectivity index (χ2n) is 6.34. The molecule has 1 fully saturated rings. The van der Waals surface area contributed by atoms with Crippen LogP contribution in [0.2, 0.25) is 0 Å². The van der Waals surface area contributed by atoms with Crippen molar-refractivity contribution in [3.63, 3.8) is 0 Å². The van der Waals surface area contributed by atoms with E-state index in [0.29, 0.717) is 18.0 Å². The summed E-state index contributed by atoms with van der Waals surface area (Å²) in [5, 5.41) is 0. The van der Waals surface area contributed by atoms with Gasteiger partial charge in [0, 0.05) is 18.2 Å². The van der Waals surface area contributed by atoms with E-state index in [1.807, 2.05) is 6.07 Å². The molecule has 25 heavy (non-hydrogen) atoms. The quantitative estimate of drug-likeness (QED) is 0.672. The highest BCUT2D eigenvalue weighted by Crippen LogP contribution is 2.33. The molecule has 128 valence electrons. The number of nitrogens with zero attached hydrogens (tertiary/aromatic N) is 2. The van der Waals surface area contributed by atoms with Crippen molar-refractivity contribution in [2.45, 2.75) is 25.4 Å². The third-order valence-corrected chi connectivity index (χ3v) is 4.59. The molecular formula is C20H18F2N2O. The molecule has 0 bridgehead atoms. The first-order valence-corrected chi connectivity index (χ1v) is 8.39. The van der Waals surface area contributed by atoms with Gasteiger partial charge in [-0.15, -0.1) is 0 Å². The van der Waals surface area contributed by atoms with Gasteiger partial charge in [0.1, 0.15) is 17.9 Å².